The Hall–Kier alpha value is -2.89. The summed E-state index contributed by atoms with van der Waals surface area (Å²) in [6.07, 6.45) is 0. The zero-order valence-electron chi connectivity index (χ0n) is 11.3. The van der Waals surface area contributed by atoms with Gasteiger partial charge in [0.1, 0.15) is 11.5 Å². The standard InChI is InChI=1S/C15H13N3O3/c1-9-6-7-10(21-9)8-16-15(20)13-11-4-2-3-5-12(11)14(19)18-17-13/h2-7H,8H2,1H3,(H,16,20)(H,18,19). The van der Waals surface area contributed by atoms with E-state index < -0.39 is 0 Å². The van der Waals surface area contributed by atoms with Crippen LogP contribution in [0.1, 0.15) is 22.0 Å². The number of rotatable bonds is 3. The van der Waals surface area contributed by atoms with Crippen molar-refractivity contribution >= 4 is 16.7 Å². The van der Waals surface area contributed by atoms with Gasteiger partial charge in [-0.2, -0.15) is 5.10 Å². The van der Waals surface area contributed by atoms with E-state index in [1.54, 1.807) is 30.3 Å². The van der Waals surface area contributed by atoms with Crippen LogP contribution in [0.4, 0.5) is 0 Å². The number of hydrogen-bond acceptors (Lipinski definition) is 4. The Morgan fingerprint density at radius 3 is 2.71 bits per heavy atom. The van der Waals surface area contributed by atoms with Gasteiger partial charge < -0.3 is 9.73 Å². The fourth-order valence-electron chi connectivity index (χ4n) is 2.12. The lowest BCUT2D eigenvalue weighted by Crippen LogP contribution is -2.26. The van der Waals surface area contributed by atoms with Crippen molar-refractivity contribution in [3.8, 4) is 0 Å². The average Bonchev–Trinajstić information content (AvgIpc) is 2.91. The highest BCUT2D eigenvalue weighted by Gasteiger charge is 2.14. The predicted octanol–water partition coefficient (Wildman–Crippen LogP) is 1.75. The second-order valence-electron chi connectivity index (χ2n) is 4.64. The first-order valence-corrected chi connectivity index (χ1v) is 6.46. The molecule has 0 aliphatic carbocycles. The maximum atomic E-state index is 12.2. The lowest BCUT2D eigenvalue weighted by molar-refractivity contribution is 0.0943. The summed E-state index contributed by atoms with van der Waals surface area (Å²) < 4.78 is 5.38. The molecule has 0 saturated carbocycles. The van der Waals surface area contributed by atoms with E-state index in [4.69, 9.17) is 4.42 Å². The first kappa shape index (κ1) is 13.1. The van der Waals surface area contributed by atoms with E-state index >= 15 is 0 Å². The van der Waals surface area contributed by atoms with Crippen molar-refractivity contribution in [3.05, 3.63) is 64.0 Å². The molecule has 2 N–H and O–H groups in total. The summed E-state index contributed by atoms with van der Waals surface area (Å²) in [4.78, 5) is 23.9. The Kier molecular flexibility index (Phi) is 3.27. The number of carbonyl (C=O) groups is 1. The highest BCUT2D eigenvalue weighted by atomic mass is 16.3. The maximum Gasteiger partial charge on any atom is 0.272 e. The first-order valence-electron chi connectivity index (χ1n) is 6.46. The van der Waals surface area contributed by atoms with E-state index in [1.165, 1.54) is 0 Å². The van der Waals surface area contributed by atoms with Crippen molar-refractivity contribution in [2.45, 2.75) is 13.5 Å². The molecular formula is C15H13N3O3. The average molecular weight is 283 g/mol. The first-order chi connectivity index (χ1) is 10.1. The Balaban J connectivity index is 1.88. The van der Waals surface area contributed by atoms with Crippen LogP contribution in [-0.2, 0) is 6.54 Å². The number of hydrogen-bond donors (Lipinski definition) is 2. The summed E-state index contributed by atoms with van der Waals surface area (Å²) in [6.45, 7) is 2.10. The van der Waals surface area contributed by atoms with E-state index in [9.17, 15) is 9.59 Å². The number of amides is 1. The molecule has 6 heteroatoms. The topological polar surface area (TPSA) is 88.0 Å². The summed E-state index contributed by atoms with van der Waals surface area (Å²) >= 11 is 0. The Labute approximate surface area is 119 Å². The zero-order chi connectivity index (χ0) is 14.8. The van der Waals surface area contributed by atoms with Gasteiger partial charge in [0.2, 0.25) is 0 Å². The molecular weight excluding hydrogens is 270 g/mol. The number of H-pyrrole nitrogens is 1. The number of fused-ring (bicyclic) bond motifs is 1. The zero-order valence-corrected chi connectivity index (χ0v) is 11.3. The predicted molar refractivity (Wildman–Crippen MR) is 77.0 cm³/mol. The van der Waals surface area contributed by atoms with E-state index in [-0.39, 0.29) is 23.7 Å². The molecule has 1 aromatic carbocycles. The minimum Gasteiger partial charge on any atom is -0.465 e. The summed E-state index contributed by atoms with van der Waals surface area (Å²) in [7, 11) is 0. The van der Waals surface area contributed by atoms with Gasteiger partial charge in [-0.15, -0.1) is 0 Å². The lowest BCUT2D eigenvalue weighted by Gasteiger charge is -2.05. The largest absolute Gasteiger partial charge is 0.465 e. The minimum absolute atomic E-state index is 0.188. The summed E-state index contributed by atoms with van der Waals surface area (Å²) in [5.74, 6) is 1.08. The number of aromatic amines is 1. The highest BCUT2D eigenvalue weighted by molar-refractivity contribution is 6.04. The number of benzene rings is 1. The molecule has 6 nitrogen and oxygen atoms in total. The van der Waals surface area contributed by atoms with Crippen LogP contribution in [0.2, 0.25) is 0 Å². The van der Waals surface area contributed by atoms with Gasteiger partial charge in [-0.05, 0) is 25.1 Å². The Bertz CT molecular complexity index is 864. The molecule has 0 unspecified atom stereocenters. The van der Waals surface area contributed by atoms with Crippen LogP contribution in [0, 0.1) is 6.92 Å². The van der Waals surface area contributed by atoms with Gasteiger partial charge in [-0.25, -0.2) is 5.10 Å². The van der Waals surface area contributed by atoms with Crippen LogP contribution in [0.15, 0.2) is 45.6 Å². The van der Waals surface area contributed by atoms with Crippen molar-refractivity contribution < 1.29 is 9.21 Å². The third-order valence-electron chi connectivity index (χ3n) is 3.13. The molecule has 21 heavy (non-hydrogen) atoms. The number of nitrogens with zero attached hydrogens (tertiary/aromatic N) is 1. The highest BCUT2D eigenvalue weighted by Crippen LogP contribution is 2.12. The molecule has 106 valence electrons. The molecule has 0 aliphatic rings. The molecule has 1 amide bonds. The summed E-state index contributed by atoms with van der Waals surface area (Å²) in [5, 5.41) is 9.86. The normalized spacial score (nSPS) is 10.7. The fourth-order valence-corrected chi connectivity index (χ4v) is 2.12. The SMILES string of the molecule is Cc1ccc(CNC(=O)c2n[nH]c(=O)c3ccccc23)o1. The van der Waals surface area contributed by atoms with E-state index in [2.05, 4.69) is 15.5 Å². The molecule has 0 fully saturated rings. The maximum absolute atomic E-state index is 12.2. The summed E-state index contributed by atoms with van der Waals surface area (Å²) in [6, 6.07) is 10.5. The van der Waals surface area contributed by atoms with Crippen molar-refractivity contribution in [3.63, 3.8) is 0 Å². The van der Waals surface area contributed by atoms with E-state index in [1.807, 2.05) is 13.0 Å². The van der Waals surface area contributed by atoms with Crippen LogP contribution in [0.3, 0.4) is 0 Å². The molecule has 3 aromatic rings. The van der Waals surface area contributed by atoms with Gasteiger partial charge in [0.15, 0.2) is 5.69 Å². The third-order valence-corrected chi connectivity index (χ3v) is 3.13. The van der Waals surface area contributed by atoms with E-state index in [0.717, 1.165) is 5.76 Å². The molecule has 0 bridgehead atoms. The van der Waals surface area contributed by atoms with Crippen LogP contribution >= 0.6 is 0 Å². The number of aromatic nitrogens is 2. The second kappa shape index (κ2) is 5.24. The van der Waals surface area contributed by atoms with Gasteiger partial charge in [0, 0.05) is 5.39 Å². The van der Waals surface area contributed by atoms with Crippen molar-refractivity contribution in [2.75, 3.05) is 0 Å². The number of furan rings is 1. The summed E-state index contributed by atoms with van der Waals surface area (Å²) in [5.41, 5.74) is -0.128. The van der Waals surface area contributed by atoms with Gasteiger partial charge in [0.25, 0.3) is 11.5 Å². The van der Waals surface area contributed by atoms with Gasteiger partial charge in [-0.3, -0.25) is 9.59 Å². The molecule has 0 spiro atoms. The quantitative estimate of drug-likeness (QED) is 0.766. The molecule has 0 radical (unpaired) electrons. The van der Waals surface area contributed by atoms with Gasteiger partial charge >= 0.3 is 0 Å². The molecule has 0 saturated heterocycles. The number of carbonyl (C=O) groups excluding carboxylic acids is 1. The Morgan fingerprint density at radius 1 is 1.24 bits per heavy atom. The molecule has 3 rings (SSSR count). The van der Waals surface area contributed by atoms with Gasteiger partial charge in [0.05, 0.1) is 11.9 Å². The van der Waals surface area contributed by atoms with Crippen molar-refractivity contribution in [1.82, 2.24) is 15.5 Å². The smallest absolute Gasteiger partial charge is 0.272 e. The molecule has 2 aromatic heterocycles. The molecule has 0 aliphatic heterocycles. The number of aryl methyl sites for hydroxylation is 1. The second-order valence-corrected chi connectivity index (χ2v) is 4.64. The minimum atomic E-state index is -0.364. The molecule has 0 atom stereocenters. The fraction of sp³-hybridized carbons (Fsp3) is 0.133. The van der Waals surface area contributed by atoms with Crippen LogP contribution in [-0.4, -0.2) is 16.1 Å². The monoisotopic (exact) mass is 283 g/mol. The lowest BCUT2D eigenvalue weighted by atomic mass is 10.1. The number of nitrogens with one attached hydrogen (secondary N) is 2. The van der Waals surface area contributed by atoms with Crippen molar-refractivity contribution in [2.24, 2.45) is 0 Å². The van der Waals surface area contributed by atoms with Crippen LogP contribution in [0.5, 0.6) is 0 Å². The van der Waals surface area contributed by atoms with E-state index in [0.29, 0.717) is 16.5 Å². The van der Waals surface area contributed by atoms with Crippen molar-refractivity contribution in [1.29, 1.82) is 0 Å². The van der Waals surface area contributed by atoms with Crippen LogP contribution in [0.25, 0.3) is 10.8 Å². The van der Waals surface area contributed by atoms with Crippen LogP contribution < -0.4 is 10.9 Å². The van der Waals surface area contributed by atoms with Gasteiger partial charge in [-0.1, -0.05) is 18.2 Å². The third kappa shape index (κ3) is 2.55. The Morgan fingerprint density at radius 2 is 2.00 bits per heavy atom. The molecule has 2 heterocycles.